The first-order valence-corrected chi connectivity index (χ1v) is 10.8. The molecule has 0 saturated heterocycles. The van der Waals surface area contributed by atoms with Gasteiger partial charge in [-0.1, -0.05) is 62.4 Å². The molecule has 0 aliphatic heterocycles. The van der Waals surface area contributed by atoms with Gasteiger partial charge in [0, 0.05) is 9.52 Å². The van der Waals surface area contributed by atoms with Gasteiger partial charge < -0.3 is 12.8 Å². The molecule has 4 rings (SSSR count). The smallest absolute Gasteiger partial charge is 0.321 e. The summed E-state index contributed by atoms with van der Waals surface area (Å²) < 4.78 is 0. The van der Waals surface area contributed by atoms with Crippen LogP contribution in [0.25, 0.3) is 0 Å². The van der Waals surface area contributed by atoms with Crippen LogP contribution >= 0.6 is 0 Å². The molecule has 0 bridgehead atoms. The molecule has 0 aromatic carbocycles. The van der Waals surface area contributed by atoms with Crippen molar-refractivity contribution in [2.75, 3.05) is 0 Å². The first kappa shape index (κ1) is 20.1. The van der Waals surface area contributed by atoms with Crippen LogP contribution in [-0.4, -0.2) is 9.52 Å². The fourth-order valence-corrected chi connectivity index (χ4v) is 3.39. The van der Waals surface area contributed by atoms with Gasteiger partial charge in [-0.2, -0.15) is 12.8 Å². The van der Waals surface area contributed by atoms with Crippen LogP contribution in [-0.2, 0) is 26.2 Å². The van der Waals surface area contributed by atoms with Gasteiger partial charge >= 0.3 is 26.2 Å². The normalized spacial score (nSPS) is 32.8. The van der Waals surface area contributed by atoms with Gasteiger partial charge in [-0.15, -0.1) is 24.0 Å². The summed E-state index contributed by atoms with van der Waals surface area (Å²) in [5.74, 6) is 3.23. The van der Waals surface area contributed by atoms with Gasteiger partial charge in [-0.25, -0.2) is 0 Å². The second-order valence-corrected chi connectivity index (χ2v) is 7.38. The molecule has 0 spiro atoms. The molecule has 0 heterocycles. The first-order valence-electron chi connectivity index (χ1n) is 8.45. The third-order valence-corrected chi connectivity index (χ3v) is 4.47. The zero-order valence-corrected chi connectivity index (χ0v) is 17.6. The molecule has 4 atom stereocenters. The maximum atomic E-state index is 2.42. The Hall–Kier alpha value is 0.0600. The molecule has 0 aromatic rings. The van der Waals surface area contributed by atoms with Crippen LogP contribution in [0.4, 0.5) is 0 Å². The monoisotopic (exact) mass is 387 g/mol. The molecular formula is C20H29SiZr. The first-order chi connectivity index (χ1) is 10.3. The van der Waals surface area contributed by atoms with Crippen molar-refractivity contribution < 1.29 is 26.2 Å². The quantitative estimate of drug-likeness (QED) is 0.395. The van der Waals surface area contributed by atoms with Crippen LogP contribution in [0.15, 0.2) is 48.6 Å². The van der Waals surface area contributed by atoms with Crippen molar-refractivity contribution in [3.63, 3.8) is 0 Å². The predicted octanol–water partition coefficient (Wildman–Crippen LogP) is 5.20. The molecular weight excluding hydrogens is 360 g/mol. The van der Waals surface area contributed by atoms with E-state index in [4.69, 9.17) is 0 Å². The summed E-state index contributed by atoms with van der Waals surface area (Å²) in [7, 11) is 0.750. The maximum absolute atomic E-state index is 2.42. The zero-order chi connectivity index (χ0) is 14.9. The van der Waals surface area contributed by atoms with E-state index in [0.29, 0.717) is 0 Å². The molecule has 4 aliphatic carbocycles. The fourth-order valence-electron chi connectivity index (χ4n) is 3.39. The van der Waals surface area contributed by atoms with Gasteiger partial charge in [0.25, 0.3) is 0 Å². The topological polar surface area (TPSA) is 0 Å². The molecule has 2 saturated carbocycles. The Morgan fingerprint density at radius 2 is 1.09 bits per heavy atom. The van der Waals surface area contributed by atoms with Gasteiger partial charge in [0.2, 0.25) is 0 Å². The molecule has 2 fully saturated rings. The average molecular weight is 389 g/mol. The van der Waals surface area contributed by atoms with Crippen molar-refractivity contribution in [3.8, 4) is 0 Å². The van der Waals surface area contributed by atoms with Gasteiger partial charge in [0.15, 0.2) is 0 Å². The molecule has 0 nitrogen and oxygen atoms in total. The molecule has 0 N–H and O–H groups in total. The van der Waals surface area contributed by atoms with E-state index in [1.54, 1.807) is 0 Å². The molecule has 1 radical (unpaired) electrons. The largest absolute Gasteiger partial charge is 2.00 e. The zero-order valence-electron chi connectivity index (χ0n) is 14.0. The third-order valence-electron chi connectivity index (χ3n) is 4.47. The van der Waals surface area contributed by atoms with Crippen LogP contribution in [0, 0.1) is 36.5 Å². The summed E-state index contributed by atoms with van der Waals surface area (Å²) in [5, 5.41) is 0. The Morgan fingerprint density at radius 1 is 0.727 bits per heavy atom. The van der Waals surface area contributed by atoms with Crippen molar-refractivity contribution in [2.45, 2.75) is 38.8 Å². The van der Waals surface area contributed by atoms with Gasteiger partial charge in [-0.05, 0) is 11.8 Å². The number of rotatable bonds is 0. The van der Waals surface area contributed by atoms with Crippen LogP contribution in [0.1, 0.15) is 25.7 Å². The Labute approximate surface area is 159 Å². The van der Waals surface area contributed by atoms with Crippen molar-refractivity contribution in [3.05, 3.63) is 61.4 Å². The fraction of sp³-hybridized carbons (Fsp3) is 0.500. The molecule has 4 unspecified atom stereocenters. The number of allylic oxidation sites excluding steroid dienone is 8. The summed E-state index contributed by atoms with van der Waals surface area (Å²) in [6, 6.07) is 0. The summed E-state index contributed by atoms with van der Waals surface area (Å²) >= 11 is 0. The minimum Gasteiger partial charge on any atom is -0.321 e. The predicted molar refractivity (Wildman–Crippen MR) is 96.5 cm³/mol. The van der Waals surface area contributed by atoms with Gasteiger partial charge in [0.05, 0.1) is 0 Å². The molecule has 4 aliphatic rings. The third kappa shape index (κ3) is 6.28. The maximum Gasteiger partial charge on any atom is 2.00 e. The average Bonchev–Trinajstić information content (AvgIpc) is 3.17. The van der Waals surface area contributed by atoms with Crippen molar-refractivity contribution in [2.24, 2.45) is 23.7 Å². The molecule has 2 heteroatoms. The number of fused-ring (bicyclic) bond motifs is 2. The molecule has 0 aromatic heterocycles. The van der Waals surface area contributed by atoms with Gasteiger partial charge in [0.1, 0.15) is 0 Å². The van der Waals surface area contributed by atoms with E-state index in [-0.39, 0.29) is 26.2 Å². The van der Waals surface area contributed by atoms with Gasteiger partial charge in [-0.3, -0.25) is 0 Å². The van der Waals surface area contributed by atoms with Crippen molar-refractivity contribution in [1.82, 2.24) is 0 Å². The molecule has 0 amide bonds. The van der Waals surface area contributed by atoms with E-state index in [2.05, 4.69) is 74.5 Å². The van der Waals surface area contributed by atoms with E-state index in [1.807, 2.05) is 0 Å². The van der Waals surface area contributed by atoms with E-state index >= 15 is 0 Å². The van der Waals surface area contributed by atoms with Crippen molar-refractivity contribution >= 4 is 9.52 Å². The second-order valence-electron chi connectivity index (χ2n) is 6.23. The summed E-state index contributed by atoms with van der Waals surface area (Å²) in [6.45, 7) is 4.42. The number of hydrogen-bond donors (Lipinski definition) is 0. The Morgan fingerprint density at radius 3 is 1.45 bits per heavy atom. The minimum absolute atomic E-state index is 0. The van der Waals surface area contributed by atoms with Crippen LogP contribution < -0.4 is 0 Å². The van der Waals surface area contributed by atoms with Crippen LogP contribution in [0.5, 0.6) is 0 Å². The Bertz CT molecular complexity index is 334. The SMILES string of the molecule is C1=CC2[CH-]CCC2C=C1.C1=CC2[CH-]CCC2C=C1.C[SiH]C.[Zr+2]. The summed E-state index contributed by atoms with van der Waals surface area (Å²) in [5.41, 5.74) is 0. The summed E-state index contributed by atoms with van der Waals surface area (Å²) in [6.07, 6.45) is 28.1. The van der Waals surface area contributed by atoms with Crippen molar-refractivity contribution in [1.29, 1.82) is 0 Å². The Kier molecular flexibility index (Phi) is 10.6. The molecule has 22 heavy (non-hydrogen) atoms. The van der Waals surface area contributed by atoms with E-state index in [9.17, 15) is 0 Å². The van der Waals surface area contributed by atoms with Crippen LogP contribution in [0.2, 0.25) is 13.1 Å². The molecule has 117 valence electrons. The minimum atomic E-state index is 0. The Balaban J connectivity index is 0.000000181. The number of hydrogen-bond acceptors (Lipinski definition) is 0. The van der Waals surface area contributed by atoms with Crippen LogP contribution in [0.3, 0.4) is 0 Å². The van der Waals surface area contributed by atoms with E-state index in [1.165, 1.54) is 25.7 Å². The van der Waals surface area contributed by atoms with E-state index < -0.39 is 0 Å². The van der Waals surface area contributed by atoms with E-state index in [0.717, 1.165) is 33.2 Å². The summed E-state index contributed by atoms with van der Waals surface area (Å²) in [4.78, 5) is 0. The second kappa shape index (κ2) is 11.6. The standard InChI is InChI=1S/2C9H11.C2H7Si.Zr/c2*1-2-5-9-7-3-6-8(9)4-1;1-3-2;/h2*1-2,4-6,8-9H,3,7H2;3H,1-2H3;/q2*-1;;+2.